The van der Waals surface area contributed by atoms with E-state index in [1.807, 2.05) is 0 Å². The lowest BCUT2D eigenvalue weighted by Gasteiger charge is -2.35. The van der Waals surface area contributed by atoms with E-state index in [1.165, 1.54) is 19.3 Å². The van der Waals surface area contributed by atoms with E-state index in [4.69, 9.17) is 21.7 Å². The highest BCUT2D eigenvalue weighted by Gasteiger charge is 2.29. The van der Waals surface area contributed by atoms with Gasteiger partial charge in [-0.15, -0.1) is 0 Å². The number of rotatable bonds is 7. The van der Waals surface area contributed by atoms with Gasteiger partial charge in [-0.05, 0) is 31.6 Å². The van der Waals surface area contributed by atoms with Gasteiger partial charge in [0.15, 0.2) is 0 Å². The Morgan fingerprint density at radius 1 is 1.00 bits per heavy atom. The molecule has 0 aromatic rings. The summed E-state index contributed by atoms with van der Waals surface area (Å²) in [6, 6.07) is 0. The number of hydrogen-bond acceptors (Lipinski definition) is 4. The van der Waals surface area contributed by atoms with Crippen LogP contribution in [-0.4, -0.2) is 27.8 Å². The van der Waals surface area contributed by atoms with Crippen molar-refractivity contribution in [1.29, 1.82) is 0 Å². The Morgan fingerprint density at radius 2 is 1.48 bits per heavy atom. The Bertz CT molecular complexity index is 301. The summed E-state index contributed by atoms with van der Waals surface area (Å²) in [6.45, 7) is 2.14. The largest absolute Gasteiger partial charge is 0.481 e. The van der Waals surface area contributed by atoms with Gasteiger partial charge in [0.05, 0.1) is 5.66 Å². The van der Waals surface area contributed by atoms with Crippen molar-refractivity contribution in [3.63, 3.8) is 0 Å². The van der Waals surface area contributed by atoms with Crippen molar-refractivity contribution in [2.24, 2.45) is 17.4 Å². The van der Waals surface area contributed by atoms with E-state index in [-0.39, 0.29) is 18.5 Å². The molecule has 0 radical (unpaired) electrons. The van der Waals surface area contributed by atoms with Crippen LogP contribution in [0.4, 0.5) is 0 Å². The zero-order valence-electron chi connectivity index (χ0n) is 13.0. The number of carboxylic acids is 2. The molecule has 1 fully saturated rings. The van der Waals surface area contributed by atoms with Crippen molar-refractivity contribution in [2.75, 3.05) is 0 Å². The quantitative estimate of drug-likeness (QED) is 0.422. The fourth-order valence-electron chi connectivity index (χ4n) is 2.30. The van der Waals surface area contributed by atoms with Gasteiger partial charge in [0.1, 0.15) is 0 Å². The standard InChI is InChI=1S/C8H14O4.C7H16N2/c9-7(10)5-3-1-2-4-6-8(11)12;1-6-4-2-3-5-7(6,8)9/h1-6H2,(H,9,10)(H,11,12);6H,2-5,8-9H2,1H3. The molecule has 6 heteroatoms. The summed E-state index contributed by atoms with van der Waals surface area (Å²) in [4.78, 5) is 20.1. The molecule has 1 saturated carbocycles. The predicted octanol–water partition coefficient (Wildman–Crippen LogP) is 2.31. The number of unbranched alkanes of at least 4 members (excludes halogenated alkanes) is 3. The first-order valence-corrected chi connectivity index (χ1v) is 7.77. The van der Waals surface area contributed by atoms with Crippen LogP contribution in [0.15, 0.2) is 0 Å². The van der Waals surface area contributed by atoms with Gasteiger partial charge in [-0.1, -0.05) is 32.6 Å². The Morgan fingerprint density at radius 3 is 1.76 bits per heavy atom. The molecular weight excluding hydrogens is 272 g/mol. The first-order chi connectivity index (χ1) is 9.75. The molecule has 6 nitrogen and oxygen atoms in total. The van der Waals surface area contributed by atoms with Crippen molar-refractivity contribution in [3.8, 4) is 0 Å². The zero-order chi connectivity index (χ0) is 16.3. The van der Waals surface area contributed by atoms with Gasteiger partial charge in [0.2, 0.25) is 0 Å². The molecule has 0 aliphatic heterocycles. The third-order valence-corrected chi connectivity index (χ3v) is 3.95. The van der Waals surface area contributed by atoms with Crippen LogP contribution in [0.2, 0.25) is 0 Å². The third kappa shape index (κ3) is 11.2. The van der Waals surface area contributed by atoms with Crippen LogP contribution in [0.25, 0.3) is 0 Å². The second-order valence-electron chi connectivity index (χ2n) is 5.96. The van der Waals surface area contributed by atoms with Crippen LogP contribution in [0.5, 0.6) is 0 Å². The van der Waals surface area contributed by atoms with Gasteiger partial charge in [-0.3, -0.25) is 9.59 Å². The first-order valence-electron chi connectivity index (χ1n) is 7.77. The lowest BCUT2D eigenvalue weighted by atomic mass is 9.81. The minimum Gasteiger partial charge on any atom is -0.481 e. The highest BCUT2D eigenvalue weighted by molar-refractivity contribution is 5.66. The maximum atomic E-state index is 10.0. The fourth-order valence-corrected chi connectivity index (χ4v) is 2.30. The lowest BCUT2D eigenvalue weighted by Crippen LogP contribution is -2.56. The molecule has 0 aromatic carbocycles. The van der Waals surface area contributed by atoms with Gasteiger partial charge < -0.3 is 21.7 Å². The Kier molecular flexibility index (Phi) is 9.99. The highest BCUT2D eigenvalue weighted by Crippen LogP contribution is 2.26. The highest BCUT2D eigenvalue weighted by atomic mass is 16.4. The predicted molar refractivity (Wildman–Crippen MR) is 81.7 cm³/mol. The fraction of sp³-hybridized carbons (Fsp3) is 0.867. The van der Waals surface area contributed by atoms with Crippen LogP contribution < -0.4 is 11.5 Å². The van der Waals surface area contributed by atoms with Crippen molar-refractivity contribution in [1.82, 2.24) is 0 Å². The van der Waals surface area contributed by atoms with Gasteiger partial charge >= 0.3 is 11.9 Å². The molecule has 0 spiro atoms. The number of hydrogen-bond donors (Lipinski definition) is 4. The summed E-state index contributed by atoms with van der Waals surface area (Å²) in [6.07, 6.45) is 7.99. The second kappa shape index (κ2) is 10.6. The lowest BCUT2D eigenvalue weighted by molar-refractivity contribution is -0.138. The first kappa shape index (κ1) is 19.9. The summed E-state index contributed by atoms with van der Waals surface area (Å²) in [5.41, 5.74) is 11.2. The van der Waals surface area contributed by atoms with E-state index in [2.05, 4.69) is 6.92 Å². The Hall–Kier alpha value is -1.14. The summed E-state index contributed by atoms with van der Waals surface area (Å²) in [5, 5.41) is 16.5. The third-order valence-electron chi connectivity index (χ3n) is 3.95. The van der Waals surface area contributed by atoms with Crippen molar-refractivity contribution in [3.05, 3.63) is 0 Å². The van der Waals surface area contributed by atoms with Gasteiger partial charge in [0, 0.05) is 12.8 Å². The molecule has 0 heterocycles. The minimum absolute atomic E-state index is 0.188. The number of nitrogens with two attached hydrogens (primary N) is 2. The summed E-state index contributed by atoms with van der Waals surface area (Å²) in [7, 11) is 0. The summed E-state index contributed by atoms with van der Waals surface area (Å²) < 4.78 is 0. The van der Waals surface area contributed by atoms with Crippen LogP contribution in [0.1, 0.15) is 71.1 Å². The molecule has 21 heavy (non-hydrogen) atoms. The van der Waals surface area contributed by atoms with E-state index < -0.39 is 11.9 Å². The number of aliphatic carboxylic acids is 2. The van der Waals surface area contributed by atoms with Crippen LogP contribution in [0, 0.1) is 5.92 Å². The average Bonchev–Trinajstić information content (AvgIpc) is 2.37. The molecular formula is C15H30N2O4. The van der Waals surface area contributed by atoms with Crippen LogP contribution >= 0.6 is 0 Å². The molecule has 0 bridgehead atoms. The van der Waals surface area contributed by atoms with Gasteiger partial charge in [-0.2, -0.15) is 0 Å². The molecule has 1 unspecified atom stereocenters. The molecule has 0 amide bonds. The maximum Gasteiger partial charge on any atom is 0.303 e. The van der Waals surface area contributed by atoms with Crippen molar-refractivity contribution >= 4 is 11.9 Å². The summed E-state index contributed by atoms with van der Waals surface area (Å²) in [5.74, 6) is -1.06. The molecule has 0 aromatic heterocycles. The van der Waals surface area contributed by atoms with E-state index in [0.717, 1.165) is 19.3 Å². The SMILES string of the molecule is CC1CCCCC1(N)N.O=C(O)CCCCCCC(=O)O. The van der Waals surface area contributed by atoms with Gasteiger partial charge in [0.25, 0.3) is 0 Å². The van der Waals surface area contributed by atoms with Crippen LogP contribution in [-0.2, 0) is 9.59 Å². The second-order valence-corrected chi connectivity index (χ2v) is 5.96. The Labute approximate surface area is 126 Å². The molecule has 0 saturated heterocycles. The van der Waals surface area contributed by atoms with E-state index in [1.54, 1.807) is 0 Å². The normalized spacial score (nSPS) is 20.2. The number of carboxylic acid groups (broad SMARTS) is 2. The maximum absolute atomic E-state index is 10.0. The molecule has 124 valence electrons. The zero-order valence-corrected chi connectivity index (χ0v) is 13.0. The smallest absolute Gasteiger partial charge is 0.303 e. The van der Waals surface area contributed by atoms with Crippen LogP contribution in [0.3, 0.4) is 0 Å². The van der Waals surface area contributed by atoms with Crippen molar-refractivity contribution < 1.29 is 19.8 Å². The van der Waals surface area contributed by atoms with E-state index in [0.29, 0.717) is 18.8 Å². The Balaban J connectivity index is 0.000000394. The molecule has 1 aliphatic carbocycles. The van der Waals surface area contributed by atoms with Gasteiger partial charge in [-0.25, -0.2) is 0 Å². The number of carbonyl (C=O) groups is 2. The molecule has 1 atom stereocenters. The molecule has 6 N–H and O–H groups in total. The van der Waals surface area contributed by atoms with E-state index in [9.17, 15) is 9.59 Å². The summed E-state index contributed by atoms with van der Waals surface area (Å²) >= 11 is 0. The minimum atomic E-state index is -0.784. The molecule has 1 rings (SSSR count). The average molecular weight is 302 g/mol. The molecule has 1 aliphatic rings. The van der Waals surface area contributed by atoms with Crippen molar-refractivity contribution in [2.45, 2.75) is 76.8 Å². The monoisotopic (exact) mass is 302 g/mol. The topological polar surface area (TPSA) is 127 Å². The van der Waals surface area contributed by atoms with E-state index >= 15 is 0 Å².